The first-order valence-electron chi connectivity index (χ1n) is 11.3. The van der Waals surface area contributed by atoms with Gasteiger partial charge in [-0.2, -0.15) is 0 Å². The molecule has 0 bridgehead atoms. The molecule has 2 heterocycles. The summed E-state index contributed by atoms with van der Waals surface area (Å²) in [6.45, 7) is 3.08. The Morgan fingerprint density at radius 1 is 1.09 bits per heavy atom. The maximum absolute atomic E-state index is 12.9. The normalized spacial score (nSPS) is 17.5. The number of amides is 1. The van der Waals surface area contributed by atoms with Crippen LogP contribution in [0.3, 0.4) is 0 Å². The molecule has 0 saturated carbocycles. The summed E-state index contributed by atoms with van der Waals surface area (Å²) < 4.78 is 40.9. The van der Waals surface area contributed by atoms with E-state index in [1.165, 1.54) is 56.6 Å². The zero-order chi connectivity index (χ0) is 23.6. The smallest absolute Gasteiger partial charge is 0.406 e. The SMILES string of the molecule is CN1CCC(CCCc2cc(Cl)c3c(c2)CN(Cc2ccc(OC(F)(F)F)cc2)C3=O)CC1. The van der Waals surface area contributed by atoms with Gasteiger partial charge in [0.1, 0.15) is 5.75 Å². The summed E-state index contributed by atoms with van der Waals surface area (Å²) in [5.74, 6) is 0.356. The number of hydrogen-bond acceptors (Lipinski definition) is 3. The molecule has 8 heteroatoms. The summed E-state index contributed by atoms with van der Waals surface area (Å²) >= 11 is 6.49. The van der Waals surface area contributed by atoms with Gasteiger partial charge in [0.25, 0.3) is 5.91 Å². The summed E-state index contributed by atoms with van der Waals surface area (Å²) in [4.78, 5) is 16.9. The summed E-state index contributed by atoms with van der Waals surface area (Å²) in [7, 11) is 2.17. The van der Waals surface area contributed by atoms with Crippen molar-refractivity contribution in [2.75, 3.05) is 20.1 Å². The molecule has 178 valence electrons. The molecule has 2 aromatic rings. The van der Waals surface area contributed by atoms with Gasteiger partial charge >= 0.3 is 6.36 Å². The van der Waals surface area contributed by atoms with E-state index in [1.54, 1.807) is 4.90 Å². The lowest BCUT2D eigenvalue weighted by Crippen LogP contribution is -2.30. The highest BCUT2D eigenvalue weighted by Crippen LogP contribution is 2.33. The zero-order valence-corrected chi connectivity index (χ0v) is 19.4. The largest absolute Gasteiger partial charge is 0.573 e. The fourth-order valence-corrected chi connectivity index (χ4v) is 5.10. The summed E-state index contributed by atoms with van der Waals surface area (Å²) in [6, 6.07) is 9.56. The molecular weight excluding hydrogens is 453 g/mol. The van der Waals surface area contributed by atoms with Gasteiger partial charge in [-0.25, -0.2) is 0 Å². The molecule has 1 fully saturated rings. The van der Waals surface area contributed by atoms with E-state index in [4.69, 9.17) is 11.6 Å². The summed E-state index contributed by atoms with van der Waals surface area (Å²) in [5.41, 5.74) is 3.32. The van der Waals surface area contributed by atoms with Crippen molar-refractivity contribution in [3.63, 3.8) is 0 Å². The third kappa shape index (κ3) is 6.21. The number of carbonyl (C=O) groups excluding carboxylic acids is 1. The van der Waals surface area contributed by atoms with Crippen molar-refractivity contribution in [3.05, 3.63) is 63.7 Å². The molecule has 33 heavy (non-hydrogen) atoms. The predicted molar refractivity (Wildman–Crippen MR) is 121 cm³/mol. The van der Waals surface area contributed by atoms with Crippen LogP contribution in [0.5, 0.6) is 5.75 Å². The molecule has 4 rings (SSSR count). The van der Waals surface area contributed by atoms with Crippen LogP contribution >= 0.6 is 11.6 Å². The van der Waals surface area contributed by atoms with E-state index in [1.807, 2.05) is 6.07 Å². The van der Waals surface area contributed by atoms with Crippen LogP contribution in [0.15, 0.2) is 36.4 Å². The molecule has 0 unspecified atom stereocenters. The van der Waals surface area contributed by atoms with Crippen LogP contribution in [-0.4, -0.2) is 42.2 Å². The number of nitrogens with zero attached hydrogens (tertiary/aromatic N) is 2. The van der Waals surface area contributed by atoms with Crippen LogP contribution in [0.25, 0.3) is 0 Å². The van der Waals surface area contributed by atoms with Crippen LogP contribution in [0.1, 0.15) is 52.7 Å². The minimum atomic E-state index is -4.73. The van der Waals surface area contributed by atoms with Crippen LogP contribution in [0.2, 0.25) is 5.02 Å². The van der Waals surface area contributed by atoms with Crippen LogP contribution in [0.4, 0.5) is 13.2 Å². The molecule has 0 N–H and O–H groups in total. The monoisotopic (exact) mass is 480 g/mol. The number of rotatable bonds is 7. The van der Waals surface area contributed by atoms with Crippen molar-refractivity contribution in [2.45, 2.75) is 51.6 Å². The average molecular weight is 481 g/mol. The quantitative estimate of drug-likeness (QED) is 0.483. The van der Waals surface area contributed by atoms with Crippen molar-refractivity contribution in [2.24, 2.45) is 5.92 Å². The zero-order valence-electron chi connectivity index (χ0n) is 18.6. The second-order valence-electron chi connectivity index (χ2n) is 9.10. The molecular formula is C25H28ClF3N2O2. The molecule has 4 nitrogen and oxygen atoms in total. The molecule has 0 spiro atoms. The lowest BCUT2D eigenvalue weighted by Gasteiger charge is -2.28. The number of piperidine rings is 1. The molecule has 2 aliphatic rings. The van der Waals surface area contributed by atoms with E-state index in [0.717, 1.165) is 35.4 Å². The van der Waals surface area contributed by atoms with Crippen LogP contribution in [-0.2, 0) is 19.5 Å². The Kier molecular flexibility index (Phi) is 7.19. The molecule has 0 atom stereocenters. The Morgan fingerprint density at radius 3 is 2.45 bits per heavy atom. The number of likely N-dealkylation sites (tertiary alicyclic amines) is 1. The third-order valence-corrected chi connectivity index (χ3v) is 6.84. The van der Waals surface area contributed by atoms with E-state index in [9.17, 15) is 18.0 Å². The molecule has 0 radical (unpaired) electrons. The number of ether oxygens (including phenoxy) is 1. The lowest BCUT2D eigenvalue weighted by atomic mass is 9.90. The minimum Gasteiger partial charge on any atom is -0.406 e. The topological polar surface area (TPSA) is 32.8 Å². The van der Waals surface area contributed by atoms with E-state index < -0.39 is 6.36 Å². The van der Waals surface area contributed by atoms with Crippen LogP contribution < -0.4 is 4.74 Å². The number of alkyl halides is 3. The standard InChI is InChI=1S/C25H28ClF3N2O2/c1-30-11-9-17(10-12-30)3-2-4-19-13-20-16-31(24(32)23(20)22(26)14-19)15-18-5-7-21(8-6-18)33-25(27,28)29/h5-8,13-14,17H,2-4,9-12,15-16H2,1H3. The van der Waals surface area contributed by atoms with Crippen molar-refractivity contribution in [3.8, 4) is 5.75 Å². The molecule has 0 aromatic heterocycles. The maximum atomic E-state index is 12.9. The van der Waals surface area contributed by atoms with Gasteiger partial charge in [-0.1, -0.05) is 36.2 Å². The van der Waals surface area contributed by atoms with Crippen molar-refractivity contribution < 1.29 is 22.7 Å². The van der Waals surface area contributed by atoms with E-state index in [2.05, 4.69) is 22.8 Å². The Balaban J connectivity index is 1.35. The predicted octanol–water partition coefficient (Wildman–Crippen LogP) is 6.06. The van der Waals surface area contributed by atoms with Gasteiger partial charge in [0.2, 0.25) is 0 Å². The van der Waals surface area contributed by atoms with Gasteiger partial charge < -0.3 is 14.5 Å². The van der Waals surface area contributed by atoms with Gasteiger partial charge in [0.15, 0.2) is 0 Å². The molecule has 0 aliphatic carbocycles. The fraction of sp³-hybridized carbons (Fsp3) is 0.480. The van der Waals surface area contributed by atoms with Crippen molar-refractivity contribution in [1.82, 2.24) is 9.80 Å². The molecule has 2 aromatic carbocycles. The summed E-state index contributed by atoms with van der Waals surface area (Å²) in [6.07, 6.45) is 1.04. The van der Waals surface area contributed by atoms with Crippen molar-refractivity contribution >= 4 is 17.5 Å². The van der Waals surface area contributed by atoms with Gasteiger partial charge in [-0.3, -0.25) is 4.79 Å². The molecule has 1 saturated heterocycles. The highest BCUT2D eigenvalue weighted by molar-refractivity contribution is 6.34. The molecule has 2 aliphatic heterocycles. The first-order valence-corrected chi connectivity index (χ1v) is 11.7. The Hall–Kier alpha value is -2.25. The first-order chi connectivity index (χ1) is 15.7. The van der Waals surface area contributed by atoms with E-state index in [0.29, 0.717) is 23.7 Å². The van der Waals surface area contributed by atoms with Gasteiger partial charge in [-0.05, 0) is 86.6 Å². The second kappa shape index (κ2) is 9.94. The van der Waals surface area contributed by atoms with Gasteiger partial charge in [0.05, 0.1) is 10.6 Å². The lowest BCUT2D eigenvalue weighted by molar-refractivity contribution is -0.274. The van der Waals surface area contributed by atoms with Crippen LogP contribution in [0, 0.1) is 5.92 Å². The number of benzene rings is 2. The number of fused-ring (bicyclic) bond motifs is 1. The summed E-state index contributed by atoms with van der Waals surface area (Å²) in [5, 5.41) is 0.475. The minimum absolute atomic E-state index is 0.150. The van der Waals surface area contributed by atoms with Gasteiger partial charge in [-0.15, -0.1) is 13.2 Å². The average Bonchev–Trinajstić information content (AvgIpc) is 3.05. The van der Waals surface area contributed by atoms with E-state index >= 15 is 0 Å². The second-order valence-corrected chi connectivity index (χ2v) is 9.51. The fourth-order valence-electron chi connectivity index (χ4n) is 4.76. The highest BCUT2D eigenvalue weighted by atomic mass is 35.5. The Morgan fingerprint density at radius 2 is 1.79 bits per heavy atom. The molecule has 1 amide bonds. The Bertz CT molecular complexity index is 986. The Labute approximate surface area is 197 Å². The number of aryl methyl sites for hydroxylation is 1. The number of halogens is 4. The van der Waals surface area contributed by atoms with Crippen molar-refractivity contribution in [1.29, 1.82) is 0 Å². The highest BCUT2D eigenvalue weighted by Gasteiger charge is 2.32. The first kappa shape index (κ1) is 23.9. The van der Waals surface area contributed by atoms with Gasteiger partial charge in [0, 0.05) is 13.1 Å². The number of carbonyl (C=O) groups is 1. The third-order valence-electron chi connectivity index (χ3n) is 6.54. The maximum Gasteiger partial charge on any atom is 0.573 e. The van der Waals surface area contributed by atoms with E-state index in [-0.39, 0.29) is 11.7 Å². The number of hydrogen-bond donors (Lipinski definition) is 0.